The molecular formula is C10H16N2O4. The van der Waals surface area contributed by atoms with Crippen molar-refractivity contribution in [3.05, 3.63) is 12.7 Å². The van der Waals surface area contributed by atoms with Gasteiger partial charge in [0, 0.05) is 12.8 Å². The van der Waals surface area contributed by atoms with Gasteiger partial charge in [0.15, 0.2) is 0 Å². The van der Waals surface area contributed by atoms with Gasteiger partial charge in [-0.15, -0.1) is 6.58 Å². The second-order valence-electron chi connectivity index (χ2n) is 3.29. The Kier molecular flexibility index (Phi) is 6.58. The van der Waals surface area contributed by atoms with Gasteiger partial charge in [-0.25, -0.2) is 4.79 Å². The molecule has 0 heterocycles. The molecule has 0 spiro atoms. The smallest absolute Gasteiger partial charge is 0.326 e. The molecule has 0 aliphatic heterocycles. The van der Waals surface area contributed by atoms with Crippen LogP contribution in [-0.4, -0.2) is 28.9 Å². The van der Waals surface area contributed by atoms with Crippen LogP contribution in [0.1, 0.15) is 25.7 Å². The van der Waals surface area contributed by atoms with E-state index in [1.807, 2.05) is 0 Å². The van der Waals surface area contributed by atoms with E-state index in [2.05, 4.69) is 11.9 Å². The van der Waals surface area contributed by atoms with E-state index in [0.717, 1.165) is 0 Å². The van der Waals surface area contributed by atoms with Crippen molar-refractivity contribution in [2.24, 2.45) is 5.73 Å². The summed E-state index contributed by atoms with van der Waals surface area (Å²) >= 11 is 0. The lowest BCUT2D eigenvalue weighted by atomic mass is 10.1. The Balaban J connectivity index is 4.11. The Hall–Kier alpha value is -1.85. The first-order chi connectivity index (χ1) is 7.47. The molecule has 0 aliphatic carbocycles. The van der Waals surface area contributed by atoms with Crippen LogP contribution < -0.4 is 11.1 Å². The lowest BCUT2D eigenvalue weighted by Gasteiger charge is -2.13. The quantitative estimate of drug-likeness (QED) is 0.499. The topological polar surface area (TPSA) is 109 Å². The van der Waals surface area contributed by atoms with E-state index in [1.54, 1.807) is 6.08 Å². The molecule has 6 nitrogen and oxygen atoms in total. The van der Waals surface area contributed by atoms with Crippen LogP contribution in [0.15, 0.2) is 12.7 Å². The van der Waals surface area contributed by atoms with Gasteiger partial charge in [-0.05, 0) is 12.8 Å². The summed E-state index contributed by atoms with van der Waals surface area (Å²) in [6.45, 7) is 3.45. The molecule has 0 saturated carbocycles. The molecule has 0 unspecified atom stereocenters. The predicted molar refractivity (Wildman–Crippen MR) is 57.4 cm³/mol. The molecule has 0 saturated heterocycles. The molecule has 0 aromatic carbocycles. The zero-order valence-electron chi connectivity index (χ0n) is 8.94. The minimum atomic E-state index is -1.17. The van der Waals surface area contributed by atoms with Crippen LogP contribution in [0, 0.1) is 0 Å². The van der Waals surface area contributed by atoms with Crippen LogP contribution in [-0.2, 0) is 14.4 Å². The van der Waals surface area contributed by atoms with Crippen LogP contribution >= 0.6 is 0 Å². The van der Waals surface area contributed by atoms with Gasteiger partial charge in [0.25, 0.3) is 0 Å². The highest BCUT2D eigenvalue weighted by Gasteiger charge is 2.19. The fourth-order valence-electron chi connectivity index (χ4n) is 1.04. The second-order valence-corrected chi connectivity index (χ2v) is 3.29. The van der Waals surface area contributed by atoms with Gasteiger partial charge in [0.05, 0.1) is 0 Å². The molecule has 4 N–H and O–H groups in total. The summed E-state index contributed by atoms with van der Waals surface area (Å²) in [7, 11) is 0. The molecule has 0 aromatic rings. The number of carbonyl (C=O) groups excluding carboxylic acids is 2. The highest BCUT2D eigenvalue weighted by molar-refractivity contribution is 5.84. The monoisotopic (exact) mass is 228 g/mol. The van der Waals surface area contributed by atoms with Gasteiger partial charge in [-0.2, -0.15) is 0 Å². The number of allylic oxidation sites excluding steroid dienone is 1. The number of carboxylic acid groups (broad SMARTS) is 1. The van der Waals surface area contributed by atoms with E-state index in [-0.39, 0.29) is 25.2 Å². The van der Waals surface area contributed by atoms with Gasteiger partial charge in [-0.1, -0.05) is 6.08 Å². The minimum absolute atomic E-state index is 0.00446. The minimum Gasteiger partial charge on any atom is -0.480 e. The molecule has 0 rings (SSSR count). The summed E-state index contributed by atoms with van der Waals surface area (Å²) in [6, 6.07) is -1.06. The van der Waals surface area contributed by atoms with Crippen molar-refractivity contribution in [3.63, 3.8) is 0 Å². The molecule has 0 aliphatic rings. The first-order valence-corrected chi connectivity index (χ1v) is 4.88. The van der Waals surface area contributed by atoms with E-state index in [9.17, 15) is 14.4 Å². The van der Waals surface area contributed by atoms with E-state index >= 15 is 0 Å². The average Bonchev–Trinajstić information content (AvgIpc) is 2.20. The number of carboxylic acids is 1. The summed E-state index contributed by atoms with van der Waals surface area (Å²) in [4.78, 5) is 32.4. The summed E-state index contributed by atoms with van der Waals surface area (Å²) in [5, 5.41) is 11.1. The first kappa shape index (κ1) is 14.2. The van der Waals surface area contributed by atoms with Crippen molar-refractivity contribution in [1.82, 2.24) is 5.32 Å². The first-order valence-electron chi connectivity index (χ1n) is 4.88. The maximum absolute atomic E-state index is 11.2. The standard InChI is InChI=1S/C10H16N2O4/c1-2-3-4-9(14)12-7(10(15)16)5-6-8(11)13/h2,7H,1,3-6H2,(H2,11,13)(H,12,14)(H,15,16)/t7-/m0/s1. The Labute approximate surface area is 93.5 Å². The normalized spacial score (nSPS) is 11.5. The van der Waals surface area contributed by atoms with Crippen LogP contribution in [0.4, 0.5) is 0 Å². The second kappa shape index (κ2) is 7.44. The van der Waals surface area contributed by atoms with Crippen molar-refractivity contribution < 1.29 is 19.5 Å². The molecule has 90 valence electrons. The van der Waals surface area contributed by atoms with Gasteiger partial charge in [-0.3, -0.25) is 9.59 Å². The Morgan fingerprint density at radius 1 is 1.38 bits per heavy atom. The van der Waals surface area contributed by atoms with Gasteiger partial charge in [0.1, 0.15) is 6.04 Å². The molecule has 2 amide bonds. The summed E-state index contributed by atoms with van der Waals surface area (Å²) < 4.78 is 0. The largest absolute Gasteiger partial charge is 0.480 e. The zero-order valence-corrected chi connectivity index (χ0v) is 8.94. The molecule has 0 fully saturated rings. The summed E-state index contributed by atoms with van der Waals surface area (Å²) in [5.41, 5.74) is 4.89. The number of primary amides is 1. The third-order valence-corrected chi connectivity index (χ3v) is 1.89. The van der Waals surface area contributed by atoms with Gasteiger partial charge >= 0.3 is 5.97 Å². The Bertz CT molecular complexity index is 289. The van der Waals surface area contributed by atoms with Crippen LogP contribution in [0.25, 0.3) is 0 Å². The van der Waals surface area contributed by atoms with Crippen molar-refractivity contribution >= 4 is 17.8 Å². The number of hydrogen-bond acceptors (Lipinski definition) is 3. The molecule has 6 heteroatoms. The third kappa shape index (κ3) is 6.58. The van der Waals surface area contributed by atoms with E-state index in [0.29, 0.717) is 6.42 Å². The van der Waals surface area contributed by atoms with E-state index in [4.69, 9.17) is 10.8 Å². The lowest BCUT2D eigenvalue weighted by Crippen LogP contribution is -2.41. The van der Waals surface area contributed by atoms with Crippen LogP contribution in [0.2, 0.25) is 0 Å². The highest BCUT2D eigenvalue weighted by atomic mass is 16.4. The molecule has 16 heavy (non-hydrogen) atoms. The zero-order chi connectivity index (χ0) is 12.6. The molecule has 1 atom stereocenters. The Morgan fingerprint density at radius 3 is 2.44 bits per heavy atom. The summed E-state index contributed by atoms with van der Waals surface area (Å²) in [6.07, 6.45) is 2.17. The molecule has 0 aromatic heterocycles. The van der Waals surface area contributed by atoms with Crippen molar-refractivity contribution in [2.75, 3.05) is 0 Å². The van der Waals surface area contributed by atoms with Crippen molar-refractivity contribution in [3.8, 4) is 0 Å². The van der Waals surface area contributed by atoms with Crippen molar-refractivity contribution in [2.45, 2.75) is 31.7 Å². The Morgan fingerprint density at radius 2 is 2.00 bits per heavy atom. The maximum Gasteiger partial charge on any atom is 0.326 e. The fourth-order valence-corrected chi connectivity index (χ4v) is 1.04. The number of hydrogen-bond donors (Lipinski definition) is 3. The number of rotatable bonds is 8. The fraction of sp³-hybridized carbons (Fsp3) is 0.500. The lowest BCUT2D eigenvalue weighted by molar-refractivity contribution is -0.142. The van der Waals surface area contributed by atoms with Gasteiger partial charge in [0.2, 0.25) is 11.8 Å². The summed E-state index contributed by atoms with van der Waals surface area (Å²) in [5.74, 6) is -2.14. The number of nitrogens with two attached hydrogens (primary N) is 1. The average molecular weight is 228 g/mol. The van der Waals surface area contributed by atoms with Gasteiger partial charge < -0.3 is 16.2 Å². The number of aliphatic carboxylic acids is 1. The number of carbonyl (C=O) groups is 3. The van der Waals surface area contributed by atoms with E-state index in [1.165, 1.54) is 0 Å². The van der Waals surface area contributed by atoms with Crippen LogP contribution in [0.3, 0.4) is 0 Å². The molecule has 0 bridgehead atoms. The number of nitrogens with one attached hydrogen (secondary N) is 1. The number of amides is 2. The molecule has 0 radical (unpaired) electrons. The third-order valence-electron chi connectivity index (χ3n) is 1.89. The van der Waals surface area contributed by atoms with Crippen LogP contribution in [0.5, 0.6) is 0 Å². The highest BCUT2D eigenvalue weighted by Crippen LogP contribution is 1.99. The maximum atomic E-state index is 11.2. The van der Waals surface area contributed by atoms with Crippen molar-refractivity contribution in [1.29, 1.82) is 0 Å². The van der Waals surface area contributed by atoms with E-state index < -0.39 is 17.9 Å². The molecular weight excluding hydrogens is 212 g/mol. The SMILES string of the molecule is C=CCCC(=O)N[C@@H](CCC(N)=O)C(=O)O. The predicted octanol–water partition coefficient (Wildman–Crippen LogP) is -0.212.